The minimum Gasteiger partial charge on any atom is -0.392 e. The number of aliphatic hydroxyl groups is 1. The molecule has 0 radical (unpaired) electrons. The molecule has 0 bridgehead atoms. The summed E-state index contributed by atoms with van der Waals surface area (Å²) < 4.78 is 0. The zero-order chi connectivity index (χ0) is 10.7. The van der Waals surface area contributed by atoms with Crippen molar-refractivity contribution in [3.05, 3.63) is 11.6 Å². The number of rotatable bonds is 4. The zero-order valence-electron chi connectivity index (χ0n) is 8.91. The second-order valence-electron chi connectivity index (χ2n) is 4.25. The van der Waals surface area contributed by atoms with Crippen LogP contribution in [0.1, 0.15) is 6.42 Å². The zero-order valence-corrected chi connectivity index (χ0v) is 9.67. The van der Waals surface area contributed by atoms with E-state index in [0.29, 0.717) is 24.2 Å². The Kier molecular flexibility index (Phi) is 4.38. The third kappa shape index (κ3) is 3.58. The summed E-state index contributed by atoms with van der Waals surface area (Å²) in [6, 6.07) is 0.399. The van der Waals surface area contributed by atoms with Crippen LogP contribution >= 0.6 is 11.6 Å². The van der Waals surface area contributed by atoms with Gasteiger partial charge < -0.3 is 10.0 Å². The molecule has 3 nitrogen and oxygen atoms in total. The van der Waals surface area contributed by atoms with Crippen LogP contribution in [0.2, 0.25) is 0 Å². The second kappa shape index (κ2) is 5.12. The quantitative estimate of drug-likeness (QED) is 0.754. The van der Waals surface area contributed by atoms with Gasteiger partial charge in [0.05, 0.1) is 6.10 Å². The van der Waals surface area contributed by atoms with Gasteiger partial charge in [-0.05, 0) is 20.5 Å². The molecule has 1 aliphatic rings. The fourth-order valence-corrected chi connectivity index (χ4v) is 2.14. The Hall–Kier alpha value is -0.0900. The van der Waals surface area contributed by atoms with E-state index in [0.717, 1.165) is 13.0 Å². The molecule has 0 aromatic rings. The van der Waals surface area contributed by atoms with Gasteiger partial charge >= 0.3 is 0 Å². The molecular formula is C10H19ClN2O. The van der Waals surface area contributed by atoms with E-state index >= 15 is 0 Å². The molecule has 1 aliphatic heterocycles. The first-order valence-electron chi connectivity index (χ1n) is 4.89. The van der Waals surface area contributed by atoms with Crippen molar-refractivity contribution in [1.29, 1.82) is 0 Å². The van der Waals surface area contributed by atoms with Crippen LogP contribution in [0.15, 0.2) is 11.6 Å². The van der Waals surface area contributed by atoms with Gasteiger partial charge in [0.15, 0.2) is 0 Å². The van der Waals surface area contributed by atoms with Gasteiger partial charge in [0.2, 0.25) is 0 Å². The maximum absolute atomic E-state index is 9.56. The second-order valence-corrected chi connectivity index (χ2v) is 4.79. The van der Waals surface area contributed by atoms with Crippen LogP contribution in [-0.2, 0) is 0 Å². The van der Waals surface area contributed by atoms with Crippen LogP contribution in [-0.4, -0.2) is 60.8 Å². The van der Waals surface area contributed by atoms with Crippen molar-refractivity contribution in [2.24, 2.45) is 0 Å². The van der Waals surface area contributed by atoms with Crippen molar-refractivity contribution in [1.82, 2.24) is 9.80 Å². The number of halogens is 1. The molecule has 0 saturated carbocycles. The average molecular weight is 219 g/mol. The normalized spacial score (nSPS) is 28.6. The Bertz CT molecular complexity index is 208. The number of likely N-dealkylation sites (N-methyl/N-ethyl adjacent to an activating group) is 1. The SMILES string of the molecule is C=C(Cl)CN1CC(O)CC1CN(C)C. The topological polar surface area (TPSA) is 26.7 Å². The Morgan fingerprint density at radius 2 is 2.29 bits per heavy atom. The van der Waals surface area contributed by atoms with Gasteiger partial charge in [0.1, 0.15) is 0 Å². The number of nitrogens with zero attached hydrogens (tertiary/aromatic N) is 2. The predicted octanol–water partition coefficient (Wildman–Crippen LogP) is 0.736. The molecule has 2 unspecified atom stereocenters. The molecule has 1 heterocycles. The maximum atomic E-state index is 9.56. The predicted molar refractivity (Wildman–Crippen MR) is 59.5 cm³/mol. The van der Waals surface area contributed by atoms with Crippen molar-refractivity contribution < 1.29 is 5.11 Å². The molecule has 82 valence electrons. The first kappa shape index (κ1) is 12.0. The van der Waals surface area contributed by atoms with Crippen molar-refractivity contribution in [2.75, 3.05) is 33.7 Å². The lowest BCUT2D eigenvalue weighted by Gasteiger charge is -2.26. The molecule has 1 rings (SSSR count). The molecule has 4 heteroatoms. The Morgan fingerprint density at radius 3 is 2.79 bits per heavy atom. The van der Waals surface area contributed by atoms with Gasteiger partial charge in [-0.3, -0.25) is 4.90 Å². The van der Waals surface area contributed by atoms with Crippen LogP contribution in [0.4, 0.5) is 0 Å². The molecule has 2 atom stereocenters. The fraction of sp³-hybridized carbons (Fsp3) is 0.800. The molecule has 0 aromatic heterocycles. The molecule has 1 fully saturated rings. The van der Waals surface area contributed by atoms with Crippen molar-refractivity contribution in [3.63, 3.8) is 0 Å². The standard InChI is InChI=1S/C10H19ClN2O/c1-8(11)5-13-7-10(14)4-9(13)6-12(2)3/h9-10,14H,1,4-7H2,2-3H3. The number of aliphatic hydroxyl groups excluding tert-OH is 1. The van der Waals surface area contributed by atoms with Crippen LogP contribution in [0.5, 0.6) is 0 Å². The fourth-order valence-electron chi connectivity index (χ4n) is 1.98. The molecule has 14 heavy (non-hydrogen) atoms. The summed E-state index contributed by atoms with van der Waals surface area (Å²) in [5.41, 5.74) is 0. The lowest BCUT2D eigenvalue weighted by atomic mass is 10.2. The van der Waals surface area contributed by atoms with Crippen LogP contribution in [0, 0.1) is 0 Å². The van der Waals surface area contributed by atoms with Gasteiger partial charge in [-0.25, -0.2) is 0 Å². The van der Waals surface area contributed by atoms with Crippen LogP contribution < -0.4 is 0 Å². The van der Waals surface area contributed by atoms with E-state index in [4.69, 9.17) is 11.6 Å². The number of hydrogen-bond acceptors (Lipinski definition) is 3. The van der Waals surface area contributed by atoms with Crippen molar-refractivity contribution in [3.8, 4) is 0 Å². The van der Waals surface area contributed by atoms with E-state index in [1.807, 2.05) is 14.1 Å². The van der Waals surface area contributed by atoms with Crippen molar-refractivity contribution >= 4 is 11.6 Å². The van der Waals surface area contributed by atoms with Crippen LogP contribution in [0.25, 0.3) is 0 Å². The van der Waals surface area contributed by atoms with Gasteiger partial charge in [0, 0.05) is 30.7 Å². The van der Waals surface area contributed by atoms with Crippen molar-refractivity contribution in [2.45, 2.75) is 18.6 Å². The highest BCUT2D eigenvalue weighted by Crippen LogP contribution is 2.20. The largest absolute Gasteiger partial charge is 0.392 e. The Morgan fingerprint density at radius 1 is 1.64 bits per heavy atom. The summed E-state index contributed by atoms with van der Waals surface area (Å²) >= 11 is 5.78. The van der Waals surface area contributed by atoms with E-state index in [9.17, 15) is 5.11 Å². The molecule has 0 aliphatic carbocycles. The maximum Gasteiger partial charge on any atom is 0.0682 e. The van der Waals surface area contributed by atoms with E-state index in [-0.39, 0.29) is 6.10 Å². The third-order valence-electron chi connectivity index (χ3n) is 2.46. The van der Waals surface area contributed by atoms with E-state index in [1.54, 1.807) is 0 Å². The summed E-state index contributed by atoms with van der Waals surface area (Å²) in [4.78, 5) is 4.33. The number of β-amino-alcohol motifs (C(OH)–C–C–N with tert-alkyl or cyclic N) is 1. The first-order valence-corrected chi connectivity index (χ1v) is 5.27. The molecule has 1 N–H and O–H groups in total. The summed E-state index contributed by atoms with van der Waals surface area (Å²) in [7, 11) is 4.08. The Labute approximate surface area is 90.9 Å². The van der Waals surface area contributed by atoms with E-state index in [1.165, 1.54) is 0 Å². The Balaban J connectivity index is 2.49. The molecule has 0 amide bonds. The van der Waals surface area contributed by atoms with Gasteiger partial charge in [0.25, 0.3) is 0 Å². The van der Waals surface area contributed by atoms with Gasteiger partial charge in [-0.2, -0.15) is 0 Å². The molecule has 1 saturated heterocycles. The molecule has 0 aromatic carbocycles. The number of hydrogen-bond donors (Lipinski definition) is 1. The monoisotopic (exact) mass is 218 g/mol. The van der Waals surface area contributed by atoms with E-state index < -0.39 is 0 Å². The third-order valence-corrected chi connectivity index (χ3v) is 2.58. The lowest BCUT2D eigenvalue weighted by molar-refractivity contribution is 0.178. The lowest BCUT2D eigenvalue weighted by Crippen LogP contribution is -2.38. The molecular weight excluding hydrogens is 200 g/mol. The summed E-state index contributed by atoms with van der Waals surface area (Å²) in [6.07, 6.45) is 0.624. The average Bonchev–Trinajstić information content (AvgIpc) is 2.28. The summed E-state index contributed by atoms with van der Waals surface area (Å²) in [6.45, 7) is 6.04. The summed E-state index contributed by atoms with van der Waals surface area (Å²) in [5.74, 6) is 0. The summed E-state index contributed by atoms with van der Waals surface area (Å²) in [5, 5.41) is 10.2. The smallest absolute Gasteiger partial charge is 0.0682 e. The first-order chi connectivity index (χ1) is 6.49. The van der Waals surface area contributed by atoms with Gasteiger partial charge in [-0.15, -0.1) is 0 Å². The highest BCUT2D eigenvalue weighted by molar-refractivity contribution is 6.29. The van der Waals surface area contributed by atoms with Gasteiger partial charge in [-0.1, -0.05) is 18.2 Å². The minimum atomic E-state index is -0.212. The minimum absolute atomic E-state index is 0.212. The highest BCUT2D eigenvalue weighted by atomic mass is 35.5. The van der Waals surface area contributed by atoms with E-state index in [2.05, 4.69) is 16.4 Å². The molecule has 0 spiro atoms. The number of likely N-dealkylation sites (tertiary alicyclic amines) is 1. The van der Waals surface area contributed by atoms with Crippen LogP contribution in [0.3, 0.4) is 0 Å². The highest BCUT2D eigenvalue weighted by Gasteiger charge is 2.30.